The first-order valence-corrected chi connectivity index (χ1v) is 9.94. The summed E-state index contributed by atoms with van der Waals surface area (Å²) < 4.78 is 16.8. The lowest BCUT2D eigenvalue weighted by molar-refractivity contribution is 0.284. The van der Waals surface area contributed by atoms with Gasteiger partial charge in [0, 0.05) is 17.1 Å². The summed E-state index contributed by atoms with van der Waals surface area (Å²) in [6, 6.07) is 21.7. The van der Waals surface area contributed by atoms with Crippen molar-refractivity contribution < 1.29 is 14.2 Å². The number of para-hydroxylation sites is 1. The molecule has 0 heterocycles. The number of hydrogen-bond donors (Lipinski definition) is 1. The standard InChI is InChI=1S/C24H26ClNO3.ClH/c1-27-22-10-6-4-7-19(22)13-14-26-16-18-11-12-23(24(15-18)28-2)29-17-20-8-3-5-9-21(20)25;/h3-12,15,26H,13-14,16-17H2,1-2H3;1H. The van der Waals surface area contributed by atoms with Crippen LogP contribution in [-0.4, -0.2) is 20.8 Å². The minimum Gasteiger partial charge on any atom is -0.496 e. The molecule has 0 aliphatic rings. The number of methoxy groups -OCH3 is 2. The van der Waals surface area contributed by atoms with Crippen molar-refractivity contribution in [1.82, 2.24) is 5.32 Å². The maximum absolute atomic E-state index is 6.20. The SMILES string of the molecule is COc1ccccc1CCNCc1ccc(OCc2ccccc2Cl)c(OC)c1.Cl. The smallest absolute Gasteiger partial charge is 0.161 e. The van der Waals surface area contributed by atoms with Crippen LogP contribution < -0.4 is 19.5 Å². The number of halogens is 2. The fourth-order valence-corrected chi connectivity index (χ4v) is 3.27. The predicted molar refractivity (Wildman–Crippen MR) is 124 cm³/mol. The van der Waals surface area contributed by atoms with Gasteiger partial charge in [-0.1, -0.05) is 54.1 Å². The van der Waals surface area contributed by atoms with E-state index in [-0.39, 0.29) is 12.4 Å². The highest BCUT2D eigenvalue weighted by Gasteiger charge is 2.08. The van der Waals surface area contributed by atoms with Gasteiger partial charge in [-0.25, -0.2) is 0 Å². The second-order valence-corrected chi connectivity index (χ2v) is 7.01. The largest absolute Gasteiger partial charge is 0.496 e. The van der Waals surface area contributed by atoms with E-state index in [4.69, 9.17) is 25.8 Å². The van der Waals surface area contributed by atoms with Crippen LogP contribution in [0, 0.1) is 0 Å². The number of nitrogens with one attached hydrogen (secondary N) is 1. The molecule has 3 aromatic rings. The third-order valence-electron chi connectivity index (χ3n) is 4.66. The van der Waals surface area contributed by atoms with Gasteiger partial charge in [0.15, 0.2) is 11.5 Å². The van der Waals surface area contributed by atoms with Gasteiger partial charge in [0.25, 0.3) is 0 Å². The van der Waals surface area contributed by atoms with Crippen LogP contribution in [0.5, 0.6) is 17.2 Å². The monoisotopic (exact) mass is 447 g/mol. The fourth-order valence-electron chi connectivity index (χ4n) is 3.08. The third kappa shape index (κ3) is 6.56. The molecule has 0 spiro atoms. The van der Waals surface area contributed by atoms with Gasteiger partial charge in [-0.15, -0.1) is 12.4 Å². The molecule has 0 saturated carbocycles. The average Bonchev–Trinajstić information content (AvgIpc) is 2.76. The second-order valence-electron chi connectivity index (χ2n) is 6.60. The normalized spacial score (nSPS) is 10.2. The Kier molecular flexibility index (Phi) is 9.81. The summed E-state index contributed by atoms with van der Waals surface area (Å²) in [7, 11) is 3.35. The summed E-state index contributed by atoms with van der Waals surface area (Å²) in [5.74, 6) is 2.34. The van der Waals surface area contributed by atoms with Crippen molar-refractivity contribution in [3.63, 3.8) is 0 Å². The number of hydrogen-bond acceptors (Lipinski definition) is 4. The first-order valence-electron chi connectivity index (χ1n) is 9.57. The van der Waals surface area contributed by atoms with E-state index >= 15 is 0 Å². The Hall–Kier alpha value is -2.40. The summed E-state index contributed by atoms with van der Waals surface area (Å²) >= 11 is 6.20. The molecule has 0 aliphatic heterocycles. The Morgan fingerprint density at radius 1 is 0.800 bits per heavy atom. The highest BCUT2D eigenvalue weighted by molar-refractivity contribution is 6.31. The Morgan fingerprint density at radius 3 is 2.23 bits per heavy atom. The van der Waals surface area contributed by atoms with Gasteiger partial charge in [0.05, 0.1) is 14.2 Å². The van der Waals surface area contributed by atoms with Gasteiger partial charge >= 0.3 is 0 Å². The van der Waals surface area contributed by atoms with E-state index in [0.717, 1.165) is 36.4 Å². The molecule has 160 valence electrons. The molecular formula is C24H27Cl2NO3. The molecule has 3 rings (SSSR count). The molecule has 0 bridgehead atoms. The number of rotatable bonds is 10. The van der Waals surface area contributed by atoms with Crippen LogP contribution in [0.15, 0.2) is 66.7 Å². The molecule has 0 amide bonds. The summed E-state index contributed by atoms with van der Waals surface area (Å²) in [6.45, 7) is 2.00. The minimum atomic E-state index is 0. The van der Waals surface area contributed by atoms with Crippen LogP contribution >= 0.6 is 24.0 Å². The summed E-state index contributed by atoms with van der Waals surface area (Å²) in [4.78, 5) is 0. The van der Waals surface area contributed by atoms with Crippen LogP contribution in [0.2, 0.25) is 5.02 Å². The molecule has 0 atom stereocenters. The molecule has 4 nitrogen and oxygen atoms in total. The Bertz CT molecular complexity index is 934. The lowest BCUT2D eigenvalue weighted by Gasteiger charge is -2.13. The highest BCUT2D eigenvalue weighted by Crippen LogP contribution is 2.29. The Morgan fingerprint density at radius 2 is 1.50 bits per heavy atom. The first-order chi connectivity index (χ1) is 14.2. The van der Waals surface area contributed by atoms with Crippen molar-refractivity contribution in [3.8, 4) is 17.2 Å². The van der Waals surface area contributed by atoms with E-state index < -0.39 is 0 Å². The van der Waals surface area contributed by atoms with Crippen molar-refractivity contribution in [1.29, 1.82) is 0 Å². The van der Waals surface area contributed by atoms with E-state index in [9.17, 15) is 0 Å². The molecule has 0 unspecified atom stereocenters. The maximum Gasteiger partial charge on any atom is 0.161 e. The Labute approximate surface area is 189 Å². The summed E-state index contributed by atoms with van der Waals surface area (Å²) in [6.07, 6.45) is 0.903. The molecule has 0 saturated heterocycles. The van der Waals surface area contributed by atoms with Crippen molar-refractivity contribution >= 4 is 24.0 Å². The average molecular weight is 448 g/mol. The van der Waals surface area contributed by atoms with Crippen LogP contribution in [0.3, 0.4) is 0 Å². The van der Waals surface area contributed by atoms with Gasteiger partial charge in [-0.3, -0.25) is 0 Å². The zero-order valence-corrected chi connectivity index (χ0v) is 18.8. The van der Waals surface area contributed by atoms with Crippen molar-refractivity contribution in [3.05, 3.63) is 88.4 Å². The van der Waals surface area contributed by atoms with E-state index in [1.54, 1.807) is 14.2 Å². The van der Waals surface area contributed by atoms with Crippen molar-refractivity contribution in [2.24, 2.45) is 0 Å². The van der Waals surface area contributed by atoms with Crippen LogP contribution in [0.4, 0.5) is 0 Å². The maximum atomic E-state index is 6.20. The summed E-state index contributed by atoms with van der Waals surface area (Å²) in [5.41, 5.74) is 3.27. The van der Waals surface area contributed by atoms with Crippen molar-refractivity contribution in [2.75, 3.05) is 20.8 Å². The van der Waals surface area contributed by atoms with E-state index in [2.05, 4.69) is 11.4 Å². The molecule has 0 aliphatic carbocycles. The minimum absolute atomic E-state index is 0. The first kappa shape index (κ1) is 23.9. The number of benzene rings is 3. The van der Waals surface area contributed by atoms with Gasteiger partial charge in [-0.05, 0) is 48.4 Å². The van der Waals surface area contributed by atoms with Crippen LogP contribution in [0.25, 0.3) is 0 Å². The molecule has 1 N–H and O–H groups in total. The summed E-state index contributed by atoms with van der Waals surface area (Å²) in [5, 5.41) is 4.16. The molecule has 0 aromatic heterocycles. The predicted octanol–water partition coefficient (Wildman–Crippen LogP) is 5.69. The fraction of sp³-hybridized carbons (Fsp3) is 0.250. The van der Waals surface area contributed by atoms with E-state index in [0.29, 0.717) is 23.1 Å². The molecule has 6 heteroatoms. The second kappa shape index (κ2) is 12.3. The molecule has 30 heavy (non-hydrogen) atoms. The van der Waals surface area contributed by atoms with Crippen molar-refractivity contribution in [2.45, 2.75) is 19.6 Å². The lowest BCUT2D eigenvalue weighted by Crippen LogP contribution is -2.17. The zero-order chi connectivity index (χ0) is 20.5. The highest BCUT2D eigenvalue weighted by atomic mass is 35.5. The molecular weight excluding hydrogens is 421 g/mol. The zero-order valence-electron chi connectivity index (χ0n) is 17.2. The number of ether oxygens (including phenoxy) is 3. The topological polar surface area (TPSA) is 39.7 Å². The molecule has 0 radical (unpaired) electrons. The third-order valence-corrected chi connectivity index (χ3v) is 5.03. The van der Waals surface area contributed by atoms with E-state index in [1.165, 1.54) is 5.56 Å². The molecule has 0 fully saturated rings. The van der Waals surface area contributed by atoms with Gasteiger partial charge in [-0.2, -0.15) is 0 Å². The van der Waals surface area contributed by atoms with Gasteiger partial charge in [0.1, 0.15) is 12.4 Å². The van der Waals surface area contributed by atoms with E-state index in [1.807, 2.05) is 60.7 Å². The van der Waals surface area contributed by atoms with Gasteiger partial charge in [0.2, 0.25) is 0 Å². The van der Waals surface area contributed by atoms with Gasteiger partial charge < -0.3 is 19.5 Å². The lowest BCUT2D eigenvalue weighted by atomic mass is 10.1. The van der Waals surface area contributed by atoms with Crippen LogP contribution in [0.1, 0.15) is 16.7 Å². The van der Waals surface area contributed by atoms with Crippen LogP contribution in [-0.2, 0) is 19.6 Å². The molecule has 3 aromatic carbocycles. The quantitative estimate of drug-likeness (QED) is 0.405. The Balaban J connectivity index is 0.00000320.